The Hall–Kier alpha value is -0.570. The number of aliphatic carboxylic acids is 1. The summed E-state index contributed by atoms with van der Waals surface area (Å²) < 4.78 is 0. The predicted molar refractivity (Wildman–Crippen MR) is 42.3 cm³/mol. The van der Waals surface area contributed by atoms with Crippen molar-refractivity contribution in [3.63, 3.8) is 0 Å². The van der Waals surface area contributed by atoms with Gasteiger partial charge in [0, 0.05) is 0 Å². The van der Waals surface area contributed by atoms with E-state index in [2.05, 4.69) is 0 Å². The van der Waals surface area contributed by atoms with E-state index in [1.165, 1.54) is 6.92 Å². The standard InChI is InChI=1S/C8H16O3/c1-7(2,3)5-8(4,11)6(9)10/h11H,5H2,1-4H3,(H,9,10)/t8-/m0/s1. The van der Waals surface area contributed by atoms with Gasteiger partial charge < -0.3 is 10.2 Å². The zero-order valence-electron chi connectivity index (χ0n) is 7.51. The number of hydrogen-bond donors (Lipinski definition) is 2. The highest BCUT2D eigenvalue weighted by Crippen LogP contribution is 2.26. The molecule has 0 aliphatic carbocycles. The molecule has 0 fully saturated rings. The number of carboxylic acids is 1. The van der Waals surface area contributed by atoms with Gasteiger partial charge in [-0.25, -0.2) is 4.79 Å². The molecule has 0 aromatic carbocycles. The van der Waals surface area contributed by atoms with Gasteiger partial charge in [0.1, 0.15) is 0 Å². The summed E-state index contributed by atoms with van der Waals surface area (Å²) in [5, 5.41) is 17.9. The Morgan fingerprint density at radius 1 is 1.27 bits per heavy atom. The third kappa shape index (κ3) is 3.98. The largest absolute Gasteiger partial charge is 0.479 e. The Morgan fingerprint density at radius 2 is 1.64 bits per heavy atom. The van der Waals surface area contributed by atoms with E-state index in [4.69, 9.17) is 5.11 Å². The monoisotopic (exact) mass is 160 g/mol. The Kier molecular flexibility index (Phi) is 2.67. The molecule has 0 amide bonds. The van der Waals surface area contributed by atoms with Crippen LogP contribution in [0.15, 0.2) is 0 Å². The third-order valence-electron chi connectivity index (χ3n) is 1.34. The highest BCUT2D eigenvalue weighted by Gasteiger charge is 2.34. The fourth-order valence-electron chi connectivity index (χ4n) is 1.11. The molecule has 0 rings (SSSR count). The van der Waals surface area contributed by atoms with Crippen LogP contribution >= 0.6 is 0 Å². The van der Waals surface area contributed by atoms with Crippen molar-refractivity contribution in [3.05, 3.63) is 0 Å². The van der Waals surface area contributed by atoms with Crippen molar-refractivity contribution < 1.29 is 15.0 Å². The van der Waals surface area contributed by atoms with Crippen LogP contribution in [-0.2, 0) is 4.79 Å². The number of rotatable bonds is 2. The summed E-state index contributed by atoms with van der Waals surface area (Å²) in [6.07, 6.45) is 0.259. The van der Waals surface area contributed by atoms with Gasteiger partial charge in [-0.15, -0.1) is 0 Å². The van der Waals surface area contributed by atoms with Gasteiger partial charge in [0.05, 0.1) is 0 Å². The van der Waals surface area contributed by atoms with E-state index in [0.29, 0.717) is 0 Å². The average Bonchev–Trinajstić information content (AvgIpc) is 1.56. The molecular formula is C8H16O3. The molecule has 0 unspecified atom stereocenters. The van der Waals surface area contributed by atoms with Crippen LogP contribution in [-0.4, -0.2) is 21.8 Å². The van der Waals surface area contributed by atoms with Crippen molar-refractivity contribution in [3.8, 4) is 0 Å². The maximum absolute atomic E-state index is 10.4. The summed E-state index contributed by atoms with van der Waals surface area (Å²) in [6, 6.07) is 0. The van der Waals surface area contributed by atoms with E-state index in [1.54, 1.807) is 0 Å². The van der Waals surface area contributed by atoms with Crippen molar-refractivity contribution in [2.45, 2.75) is 39.7 Å². The molecule has 0 saturated carbocycles. The number of carboxylic acid groups (broad SMARTS) is 1. The van der Waals surface area contributed by atoms with Crippen LogP contribution < -0.4 is 0 Å². The van der Waals surface area contributed by atoms with Crippen LogP contribution in [0, 0.1) is 5.41 Å². The second-order valence-corrected chi connectivity index (χ2v) is 4.32. The van der Waals surface area contributed by atoms with Gasteiger partial charge in [0.15, 0.2) is 5.60 Å². The first-order valence-electron chi connectivity index (χ1n) is 3.61. The summed E-state index contributed by atoms with van der Waals surface area (Å²) in [7, 11) is 0. The molecule has 0 aliphatic rings. The normalized spacial score (nSPS) is 17.5. The molecule has 0 radical (unpaired) electrons. The molecule has 0 saturated heterocycles. The maximum Gasteiger partial charge on any atom is 0.335 e. The Labute approximate surface area is 67.0 Å². The molecule has 11 heavy (non-hydrogen) atoms. The minimum atomic E-state index is -1.60. The molecule has 3 heteroatoms. The second kappa shape index (κ2) is 2.81. The van der Waals surface area contributed by atoms with E-state index in [9.17, 15) is 9.90 Å². The molecule has 0 bridgehead atoms. The van der Waals surface area contributed by atoms with Crippen LogP contribution in [0.4, 0.5) is 0 Å². The van der Waals surface area contributed by atoms with Gasteiger partial charge in [-0.2, -0.15) is 0 Å². The Balaban J connectivity index is 4.25. The fourth-order valence-corrected chi connectivity index (χ4v) is 1.11. The summed E-state index contributed by atoms with van der Waals surface area (Å²) in [5.74, 6) is -1.16. The number of aliphatic hydroxyl groups is 1. The smallest absolute Gasteiger partial charge is 0.335 e. The lowest BCUT2D eigenvalue weighted by molar-refractivity contribution is -0.159. The van der Waals surface area contributed by atoms with Crippen molar-refractivity contribution in [1.82, 2.24) is 0 Å². The van der Waals surface area contributed by atoms with Crippen molar-refractivity contribution in [2.24, 2.45) is 5.41 Å². The van der Waals surface area contributed by atoms with Gasteiger partial charge in [0.25, 0.3) is 0 Å². The molecule has 2 N–H and O–H groups in total. The molecule has 66 valence electrons. The van der Waals surface area contributed by atoms with E-state index >= 15 is 0 Å². The molecule has 3 nitrogen and oxygen atoms in total. The van der Waals surface area contributed by atoms with Crippen LogP contribution in [0.1, 0.15) is 34.1 Å². The topological polar surface area (TPSA) is 57.5 Å². The lowest BCUT2D eigenvalue weighted by Gasteiger charge is -2.27. The molecule has 0 aromatic rings. The third-order valence-corrected chi connectivity index (χ3v) is 1.34. The molecular weight excluding hydrogens is 144 g/mol. The molecule has 1 atom stereocenters. The van der Waals surface area contributed by atoms with Crippen LogP contribution in [0.3, 0.4) is 0 Å². The highest BCUT2D eigenvalue weighted by molar-refractivity contribution is 5.76. The van der Waals surface area contributed by atoms with Crippen molar-refractivity contribution in [2.75, 3.05) is 0 Å². The minimum Gasteiger partial charge on any atom is -0.479 e. The lowest BCUT2D eigenvalue weighted by Crippen LogP contribution is -2.38. The highest BCUT2D eigenvalue weighted by atomic mass is 16.4. The first kappa shape index (κ1) is 10.4. The predicted octanol–water partition coefficient (Wildman–Crippen LogP) is 1.26. The van der Waals surface area contributed by atoms with Gasteiger partial charge in [0.2, 0.25) is 0 Å². The quantitative estimate of drug-likeness (QED) is 0.639. The maximum atomic E-state index is 10.4. The minimum absolute atomic E-state index is 0.165. The van der Waals surface area contributed by atoms with Crippen LogP contribution in [0.25, 0.3) is 0 Å². The van der Waals surface area contributed by atoms with Crippen molar-refractivity contribution >= 4 is 5.97 Å². The van der Waals surface area contributed by atoms with Gasteiger partial charge in [-0.1, -0.05) is 20.8 Å². The van der Waals surface area contributed by atoms with Crippen molar-refractivity contribution in [1.29, 1.82) is 0 Å². The molecule has 0 spiro atoms. The second-order valence-electron chi connectivity index (χ2n) is 4.32. The zero-order chi connectivity index (χ0) is 9.28. The lowest BCUT2D eigenvalue weighted by atomic mass is 9.83. The first-order chi connectivity index (χ1) is 4.65. The summed E-state index contributed by atoms with van der Waals surface area (Å²) in [5.41, 5.74) is -1.76. The van der Waals surface area contributed by atoms with E-state index < -0.39 is 11.6 Å². The average molecular weight is 160 g/mol. The van der Waals surface area contributed by atoms with E-state index in [1.807, 2.05) is 20.8 Å². The van der Waals surface area contributed by atoms with Gasteiger partial charge >= 0.3 is 5.97 Å². The molecule has 0 aliphatic heterocycles. The molecule has 0 heterocycles. The SMILES string of the molecule is CC(C)(C)C[C@](C)(O)C(=O)O. The first-order valence-corrected chi connectivity index (χ1v) is 3.61. The van der Waals surface area contributed by atoms with Crippen LogP contribution in [0.2, 0.25) is 0 Å². The van der Waals surface area contributed by atoms with E-state index in [0.717, 1.165) is 0 Å². The van der Waals surface area contributed by atoms with Gasteiger partial charge in [-0.3, -0.25) is 0 Å². The summed E-state index contributed by atoms with van der Waals surface area (Å²) in [6.45, 7) is 7.00. The van der Waals surface area contributed by atoms with E-state index in [-0.39, 0.29) is 11.8 Å². The number of carbonyl (C=O) groups is 1. The Bertz CT molecular complexity index is 153. The fraction of sp³-hybridized carbons (Fsp3) is 0.875. The van der Waals surface area contributed by atoms with Crippen LogP contribution in [0.5, 0.6) is 0 Å². The van der Waals surface area contributed by atoms with Gasteiger partial charge in [-0.05, 0) is 18.8 Å². The number of hydrogen-bond acceptors (Lipinski definition) is 2. The Morgan fingerprint density at radius 3 is 1.73 bits per heavy atom. The zero-order valence-corrected chi connectivity index (χ0v) is 7.51. The molecule has 0 aromatic heterocycles. The summed E-state index contributed by atoms with van der Waals surface area (Å²) in [4.78, 5) is 10.4. The summed E-state index contributed by atoms with van der Waals surface area (Å²) >= 11 is 0.